The van der Waals surface area contributed by atoms with Gasteiger partial charge in [-0.1, -0.05) is 70.4 Å². The Hall–Kier alpha value is -0.760. The fraction of sp³-hybridized carbons (Fsp3) is 0.885. The number of quaternary nitrogens is 1. The molecular formula is C26H53NO7P+. The summed E-state index contributed by atoms with van der Waals surface area (Å²) in [5.74, 6) is -0.378. The predicted molar refractivity (Wildman–Crippen MR) is 141 cm³/mol. The number of allylic oxidation sites excluding steroid dienone is 2. The molecule has 9 heteroatoms. The van der Waals surface area contributed by atoms with E-state index in [-0.39, 0.29) is 19.2 Å². The number of likely N-dealkylation sites (N-methyl/N-ethyl adjacent to an activating group) is 1. The van der Waals surface area contributed by atoms with Crippen molar-refractivity contribution in [2.45, 2.75) is 103 Å². The third kappa shape index (κ3) is 26.1. The molecule has 0 rings (SSSR count). The minimum atomic E-state index is -4.24. The Kier molecular flexibility index (Phi) is 20.9. The molecule has 35 heavy (non-hydrogen) atoms. The molecule has 0 aliphatic rings. The number of hydrogen-bond acceptors (Lipinski definition) is 6. The van der Waals surface area contributed by atoms with Crippen molar-refractivity contribution >= 4 is 13.8 Å². The van der Waals surface area contributed by atoms with Crippen molar-refractivity contribution in [2.24, 2.45) is 0 Å². The van der Waals surface area contributed by atoms with Crippen LogP contribution in [0.1, 0.15) is 96.8 Å². The lowest BCUT2D eigenvalue weighted by Crippen LogP contribution is -2.37. The smallest absolute Gasteiger partial charge is 0.463 e. The number of carbonyl (C=O) groups excluding carboxylic acids is 1. The van der Waals surface area contributed by atoms with Crippen LogP contribution in [0, 0.1) is 0 Å². The molecule has 0 aromatic carbocycles. The number of nitrogens with zero attached hydrogens (tertiary/aromatic N) is 1. The summed E-state index contributed by atoms with van der Waals surface area (Å²) in [6.45, 7) is 2.11. The first-order valence-electron chi connectivity index (χ1n) is 13.5. The zero-order chi connectivity index (χ0) is 26.4. The van der Waals surface area contributed by atoms with E-state index in [4.69, 9.17) is 13.8 Å². The molecule has 0 spiro atoms. The van der Waals surface area contributed by atoms with Gasteiger partial charge in [0.15, 0.2) is 0 Å². The van der Waals surface area contributed by atoms with Crippen molar-refractivity contribution < 1.29 is 37.6 Å². The van der Waals surface area contributed by atoms with Crippen molar-refractivity contribution in [3.63, 3.8) is 0 Å². The Morgan fingerprint density at radius 2 is 1.40 bits per heavy atom. The highest BCUT2D eigenvalue weighted by Crippen LogP contribution is 2.43. The van der Waals surface area contributed by atoms with Gasteiger partial charge < -0.3 is 19.2 Å². The molecular weight excluding hydrogens is 469 g/mol. The molecule has 0 heterocycles. The van der Waals surface area contributed by atoms with E-state index in [1.54, 1.807) is 0 Å². The molecule has 0 aromatic rings. The number of ether oxygens (including phenoxy) is 1. The molecule has 0 radical (unpaired) electrons. The fourth-order valence-corrected chi connectivity index (χ4v) is 4.04. The van der Waals surface area contributed by atoms with Crippen LogP contribution in [-0.4, -0.2) is 74.1 Å². The van der Waals surface area contributed by atoms with E-state index in [2.05, 4.69) is 19.1 Å². The van der Waals surface area contributed by atoms with E-state index >= 15 is 0 Å². The standard InChI is InChI=1S/C26H52NO7P/c1-5-6-7-8-9-10-11-12-13-14-15-16-17-18-19-20-26(29)32-23-25(28)24-34-35(30,31)33-22-21-27(2,3)4/h10-11,25,28H,5-9,12-24H2,1-4H3/p+1/b11-10+/t25-/m1/s1. The summed E-state index contributed by atoms with van der Waals surface area (Å²) in [5.41, 5.74) is 0. The van der Waals surface area contributed by atoms with E-state index in [0.717, 1.165) is 19.3 Å². The second-order valence-electron chi connectivity index (χ2n) is 10.3. The van der Waals surface area contributed by atoms with Gasteiger partial charge in [0.05, 0.1) is 27.7 Å². The molecule has 0 bridgehead atoms. The quantitative estimate of drug-likeness (QED) is 0.0546. The third-order valence-electron chi connectivity index (χ3n) is 5.53. The van der Waals surface area contributed by atoms with Crippen molar-refractivity contribution in [1.82, 2.24) is 0 Å². The second kappa shape index (κ2) is 21.3. The van der Waals surface area contributed by atoms with Crippen LogP contribution in [0.15, 0.2) is 12.2 Å². The summed E-state index contributed by atoms with van der Waals surface area (Å²) in [6.07, 6.45) is 19.2. The monoisotopic (exact) mass is 522 g/mol. The van der Waals surface area contributed by atoms with Crippen LogP contribution in [0.4, 0.5) is 0 Å². The number of carbonyl (C=O) groups is 1. The average Bonchev–Trinajstić information content (AvgIpc) is 2.78. The van der Waals surface area contributed by atoms with Gasteiger partial charge in [0.2, 0.25) is 0 Å². The average molecular weight is 523 g/mol. The van der Waals surface area contributed by atoms with E-state index < -0.39 is 20.5 Å². The lowest BCUT2D eigenvalue weighted by atomic mass is 10.1. The summed E-state index contributed by atoms with van der Waals surface area (Å²) in [4.78, 5) is 21.4. The molecule has 2 N–H and O–H groups in total. The Bertz CT molecular complexity index is 593. The largest absolute Gasteiger partial charge is 0.472 e. The van der Waals surface area contributed by atoms with Gasteiger partial charge in [-0.2, -0.15) is 0 Å². The fourth-order valence-electron chi connectivity index (χ4n) is 3.30. The molecule has 0 aliphatic heterocycles. The first kappa shape index (κ1) is 34.2. The van der Waals surface area contributed by atoms with Crippen LogP contribution >= 0.6 is 7.82 Å². The van der Waals surface area contributed by atoms with Crippen LogP contribution in [-0.2, 0) is 23.1 Å². The van der Waals surface area contributed by atoms with Crippen LogP contribution in [0.25, 0.3) is 0 Å². The lowest BCUT2D eigenvalue weighted by molar-refractivity contribution is -0.870. The van der Waals surface area contributed by atoms with Gasteiger partial charge in [-0.25, -0.2) is 4.57 Å². The normalized spacial score (nSPS) is 14.8. The highest BCUT2D eigenvalue weighted by Gasteiger charge is 2.24. The third-order valence-corrected chi connectivity index (χ3v) is 6.51. The van der Waals surface area contributed by atoms with Crippen molar-refractivity contribution in [2.75, 3.05) is 47.5 Å². The number of hydrogen-bond donors (Lipinski definition) is 2. The van der Waals surface area contributed by atoms with Crippen molar-refractivity contribution in [1.29, 1.82) is 0 Å². The molecule has 0 fully saturated rings. The van der Waals surface area contributed by atoms with Gasteiger partial charge in [-0.15, -0.1) is 0 Å². The molecule has 2 atom stereocenters. The van der Waals surface area contributed by atoms with Crippen LogP contribution in [0.5, 0.6) is 0 Å². The van der Waals surface area contributed by atoms with Gasteiger partial charge in [-0.3, -0.25) is 13.8 Å². The number of aliphatic hydroxyl groups excluding tert-OH is 1. The maximum Gasteiger partial charge on any atom is 0.472 e. The molecule has 208 valence electrons. The molecule has 0 aromatic heterocycles. The van der Waals surface area contributed by atoms with Crippen LogP contribution in [0.2, 0.25) is 0 Å². The predicted octanol–water partition coefficient (Wildman–Crippen LogP) is 5.77. The molecule has 0 saturated carbocycles. The topological polar surface area (TPSA) is 102 Å². The van der Waals surface area contributed by atoms with Crippen molar-refractivity contribution in [3.8, 4) is 0 Å². The number of rotatable bonds is 24. The van der Waals surface area contributed by atoms with Crippen LogP contribution < -0.4 is 0 Å². The van der Waals surface area contributed by atoms with Gasteiger partial charge in [0, 0.05) is 6.42 Å². The summed E-state index contributed by atoms with van der Waals surface area (Å²) in [5, 5.41) is 9.82. The minimum absolute atomic E-state index is 0.0545. The lowest BCUT2D eigenvalue weighted by Gasteiger charge is -2.24. The first-order valence-corrected chi connectivity index (χ1v) is 15.0. The molecule has 0 aliphatic carbocycles. The van der Waals surface area contributed by atoms with Gasteiger partial charge in [0.1, 0.15) is 25.9 Å². The zero-order valence-corrected chi connectivity index (χ0v) is 23.7. The summed E-state index contributed by atoms with van der Waals surface area (Å²) in [6, 6.07) is 0. The van der Waals surface area contributed by atoms with Gasteiger partial charge in [0.25, 0.3) is 0 Å². The SMILES string of the molecule is CCCCCC/C=C/CCCCCCCCCC(=O)OC[C@@H](O)COP(=O)(O)OCC[N+](C)(C)C. The Morgan fingerprint density at radius 1 is 0.857 bits per heavy atom. The molecule has 0 amide bonds. The summed E-state index contributed by atoms with van der Waals surface area (Å²) >= 11 is 0. The minimum Gasteiger partial charge on any atom is -0.463 e. The van der Waals surface area contributed by atoms with E-state index in [0.29, 0.717) is 17.4 Å². The van der Waals surface area contributed by atoms with Crippen LogP contribution in [0.3, 0.4) is 0 Å². The van der Waals surface area contributed by atoms with E-state index in [9.17, 15) is 19.4 Å². The Labute approximate surface area is 214 Å². The summed E-state index contributed by atoms with van der Waals surface area (Å²) in [7, 11) is 1.56. The second-order valence-corrected chi connectivity index (χ2v) is 11.7. The maximum absolute atomic E-state index is 11.8. The summed E-state index contributed by atoms with van der Waals surface area (Å²) < 4.78 is 27.0. The Balaban J connectivity index is 3.58. The molecule has 0 saturated heterocycles. The zero-order valence-electron chi connectivity index (χ0n) is 22.8. The van der Waals surface area contributed by atoms with E-state index in [1.807, 2.05) is 21.1 Å². The number of phosphoric ester groups is 1. The number of phosphoric acid groups is 1. The molecule has 8 nitrogen and oxygen atoms in total. The number of esters is 1. The first-order chi connectivity index (χ1) is 16.6. The van der Waals surface area contributed by atoms with Gasteiger partial charge >= 0.3 is 13.8 Å². The number of unbranched alkanes of at least 4 members (excludes halogenated alkanes) is 11. The number of aliphatic hydroxyl groups is 1. The Morgan fingerprint density at radius 3 is 1.97 bits per heavy atom. The van der Waals surface area contributed by atoms with Gasteiger partial charge in [-0.05, 0) is 32.1 Å². The maximum atomic E-state index is 11.8. The highest BCUT2D eigenvalue weighted by atomic mass is 31.2. The molecule has 1 unspecified atom stereocenters. The van der Waals surface area contributed by atoms with E-state index in [1.165, 1.54) is 64.2 Å². The van der Waals surface area contributed by atoms with Crippen molar-refractivity contribution in [3.05, 3.63) is 12.2 Å². The highest BCUT2D eigenvalue weighted by molar-refractivity contribution is 7.47.